The van der Waals surface area contributed by atoms with Crippen molar-refractivity contribution >= 4 is 5.97 Å². The lowest BCUT2D eigenvalue weighted by molar-refractivity contribution is -1.08. The van der Waals surface area contributed by atoms with Gasteiger partial charge in [-0.2, -0.15) is 10.5 Å². The molecule has 0 aliphatic carbocycles. The van der Waals surface area contributed by atoms with Crippen LogP contribution in [-0.2, 0) is 4.79 Å². The first-order valence-electron chi connectivity index (χ1n) is 2.49. The van der Waals surface area contributed by atoms with Gasteiger partial charge in [0.25, 0.3) is 0 Å². The third-order valence-corrected chi connectivity index (χ3v) is 0.790. The zero-order valence-corrected chi connectivity index (χ0v) is 5.07. The molecule has 1 unspecified atom stereocenters. The van der Waals surface area contributed by atoms with E-state index < -0.39 is 17.3 Å². The number of carboxylic acid groups (broad SMARTS) is 1. The minimum atomic E-state index is -1.28. The molecule has 0 rings (SSSR count). The fourth-order valence-electron chi connectivity index (χ4n) is 0.285. The summed E-state index contributed by atoms with van der Waals surface area (Å²) in [6.45, 7) is -0.273. The molecule has 7 heteroatoms. The molecule has 60 valence electrons. The predicted octanol–water partition coefficient (Wildman–Crippen LogP) is -3.33. The molecule has 0 aromatic heterocycles. The summed E-state index contributed by atoms with van der Waals surface area (Å²) in [5.74, 6) is -1.23. The number of quaternary nitrogens is 1. The predicted molar refractivity (Wildman–Crippen MR) is 29.7 cm³/mol. The Morgan fingerprint density at radius 1 is 1.90 bits per heavy atom. The SMILES string of the molecule is N[C@@H](CN[NH+]([O-])O)C(=O)O. The minimum absolute atomic E-state index is 0.273. The van der Waals surface area contributed by atoms with Crippen LogP contribution in [0.2, 0.25) is 0 Å². The summed E-state index contributed by atoms with van der Waals surface area (Å²) in [5.41, 5.74) is 6.78. The highest BCUT2D eigenvalue weighted by Crippen LogP contribution is 1.70. The number of carbonyl (C=O) groups is 1. The van der Waals surface area contributed by atoms with E-state index in [2.05, 4.69) is 0 Å². The number of hydrogen-bond donors (Lipinski definition) is 5. The molecule has 0 spiro atoms. The number of carboxylic acids is 1. The molecular formula is C3H9N3O4. The maximum atomic E-state index is 9.95. The number of aliphatic carboxylic acids is 1. The van der Waals surface area contributed by atoms with E-state index in [0.717, 1.165) is 0 Å². The maximum Gasteiger partial charge on any atom is 0.322 e. The summed E-state index contributed by atoms with van der Waals surface area (Å²) in [7, 11) is 0. The average Bonchev–Trinajstić information content (AvgIpc) is 1.82. The molecule has 0 aromatic rings. The number of hydrogen-bond acceptors (Lipinski definition) is 5. The van der Waals surface area contributed by atoms with Crippen LogP contribution in [-0.4, -0.2) is 28.9 Å². The normalized spacial score (nSPS) is 16.3. The molecule has 2 atom stereocenters. The van der Waals surface area contributed by atoms with Crippen molar-refractivity contribution < 1.29 is 20.4 Å². The molecule has 6 N–H and O–H groups in total. The van der Waals surface area contributed by atoms with Gasteiger partial charge in [-0.05, 0) is 0 Å². The zero-order chi connectivity index (χ0) is 8.15. The van der Waals surface area contributed by atoms with Crippen LogP contribution in [0.4, 0.5) is 0 Å². The lowest BCUT2D eigenvalue weighted by atomic mass is 10.3. The van der Waals surface area contributed by atoms with E-state index in [-0.39, 0.29) is 6.54 Å². The van der Waals surface area contributed by atoms with Crippen molar-refractivity contribution in [2.75, 3.05) is 6.54 Å². The summed E-state index contributed by atoms with van der Waals surface area (Å²) in [5, 5.41) is 24.6. The molecule has 0 radical (unpaired) electrons. The van der Waals surface area contributed by atoms with Crippen LogP contribution in [0.15, 0.2) is 0 Å². The molecule has 10 heavy (non-hydrogen) atoms. The Bertz CT molecular complexity index is 116. The molecule has 0 aliphatic rings. The quantitative estimate of drug-likeness (QED) is 0.268. The number of nitrogens with two attached hydrogens (primary N) is 1. The van der Waals surface area contributed by atoms with Crippen LogP contribution in [0, 0.1) is 5.21 Å². The lowest BCUT2D eigenvalue weighted by Crippen LogP contribution is -3.12. The summed E-state index contributed by atoms with van der Waals surface area (Å²) in [4.78, 5) is 9.95. The van der Waals surface area contributed by atoms with Gasteiger partial charge in [0, 0.05) is 0 Å². The van der Waals surface area contributed by atoms with Crippen molar-refractivity contribution in [2.24, 2.45) is 5.73 Å². The standard InChI is InChI=1S/C3H9N3O4/c4-2(3(7)8)1-5-6(9)10/h2,5-6,9H,1,4H2,(H,7,8)/t2-/m0/s1. The molecule has 0 aliphatic heterocycles. The first-order valence-corrected chi connectivity index (χ1v) is 2.49. The fraction of sp³-hybridized carbons (Fsp3) is 0.667. The van der Waals surface area contributed by atoms with E-state index in [4.69, 9.17) is 16.0 Å². The van der Waals surface area contributed by atoms with Gasteiger partial charge in [0.05, 0.1) is 6.54 Å². The highest BCUT2D eigenvalue weighted by Gasteiger charge is 2.11. The monoisotopic (exact) mass is 151 g/mol. The van der Waals surface area contributed by atoms with Crippen LogP contribution >= 0.6 is 0 Å². The Labute approximate surface area is 56.5 Å². The van der Waals surface area contributed by atoms with Crippen molar-refractivity contribution in [2.45, 2.75) is 6.04 Å². The second-order valence-electron chi connectivity index (χ2n) is 1.63. The van der Waals surface area contributed by atoms with Crippen LogP contribution in [0.1, 0.15) is 0 Å². The molecule has 7 nitrogen and oxygen atoms in total. The smallest absolute Gasteiger partial charge is 0.322 e. The summed E-state index contributed by atoms with van der Waals surface area (Å²) >= 11 is 0. The van der Waals surface area contributed by atoms with Crippen LogP contribution in [0.25, 0.3) is 0 Å². The van der Waals surface area contributed by atoms with Crippen LogP contribution < -0.4 is 16.5 Å². The van der Waals surface area contributed by atoms with Crippen molar-refractivity contribution in [3.63, 3.8) is 0 Å². The minimum Gasteiger partial charge on any atom is -0.580 e. The second kappa shape index (κ2) is 4.14. The Morgan fingerprint density at radius 2 is 2.40 bits per heavy atom. The first kappa shape index (κ1) is 9.27. The van der Waals surface area contributed by atoms with E-state index in [9.17, 15) is 10.0 Å². The Balaban J connectivity index is 3.40. The molecule has 0 aromatic carbocycles. The molecule has 0 bridgehead atoms. The Hall–Kier alpha value is -0.730. The molecule has 0 amide bonds. The first-order chi connectivity index (χ1) is 4.54. The topological polar surface area (TPSA) is 123 Å². The third kappa shape index (κ3) is 4.18. The lowest BCUT2D eigenvalue weighted by Gasteiger charge is -2.13. The van der Waals surface area contributed by atoms with Crippen molar-refractivity contribution in [1.29, 1.82) is 0 Å². The van der Waals surface area contributed by atoms with E-state index in [1.807, 2.05) is 5.43 Å². The van der Waals surface area contributed by atoms with Crippen LogP contribution in [0.3, 0.4) is 0 Å². The van der Waals surface area contributed by atoms with Gasteiger partial charge in [-0.15, -0.1) is 5.43 Å². The molecular weight excluding hydrogens is 142 g/mol. The summed E-state index contributed by atoms with van der Waals surface area (Å²) in [6.07, 6.45) is 0. The van der Waals surface area contributed by atoms with E-state index in [1.54, 1.807) is 0 Å². The van der Waals surface area contributed by atoms with Gasteiger partial charge in [0.2, 0.25) is 0 Å². The summed E-state index contributed by atoms with van der Waals surface area (Å²) in [6, 6.07) is -1.17. The fourth-order valence-corrected chi connectivity index (χ4v) is 0.285. The van der Waals surface area contributed by atoms with Gasteiger partial charge >= 0.3 is 5.97 Å². The van der Waals surface area contributed by atoms with E-state index in [1.165, 1.54) is 0 Å². The molecule has 0 fully saturated rings. The van der Waals surface area contributed by atoms with Crippen molar-refractivity contribution in [3.8, 4) is 0 Å². The molecule has 0 heterocycles. The van der Waals surface area contributed by atoms with Gasteiger partial charge in [-0.3, -0.25) is 4.79 Å². The van der Waals surface area contributed by atoms with Crippen molar-refractivity contribution in [1.82, 2.24) is 5.43 Å². The Morgan fingerprint density at radius 3 is 2.70 bits per heavy atom. The van der Waals surface area contributed by atoms with Gasteiger partial charge < -0.3 is 16.0 Å². The average molecular weight is 151 g/mol. The van der Waals surface area contributed by atoms with Crippen LogP contribution in [0.5, 0.6) is 0 Å². The zero-order valence-electron chi connectivity index (χ0n) is 5.07. The summed E-state index contributed by atoms with van der Waals surface area (Å²) < 4.78 is 0. The Kier molecular flexibility index (Phi) is 3.84. The van der Waals surface area contributed by atoms with Gasteiger partial charge in [0.15, 0.2) is 0 Å². The highest BCUT2D eigenvalue weighted by atomic mass is 16.8. The van der Waals surface area contributed by atoms with Crippen molar-refractivity contribution in [3.05, 3.63) is 5.21 Å². The second-order valence-corrected chi connectivity index (χ2v) is 1.63. The maximum absolute atomic E-state index is 9.95. The number of nitrogens with one attached hydrogen (secondary N) is 2. The number of rotatable bonds is 4. The van der Waals surface area contributed by atoms with Gasteiger partial charge in [-0.25, -0.2) is 0 Å². The largest absolute Gasteiger partial charge is 0.580 e. The molecule has 0 saturated carbocycles. The van der Waals surface area contributed by atoms with E-state index in [0.29, 0.717) is 0 Å². The van der Waals surface area contributed by atoms with E-state index >= 15 is 0 Å². The highest BCUT2D eigenvalue weighted by molar-refractivity contribution is 5.73. The molecule has 0 saturated heterocycles. The van der Waals surface area contributed by atoms with Gasteiger partial charge in [0.1, 0.15) is 6.04 Å². The third-order valence-electron chi connectivity index (χ3n) is 0.790. The van der Waals surface area contributed by atoms with Gasteiger partial charge in [-0.1, -0.05) is 0 Å².